The molecular weight excluding hydrogens is 264 g/mol. The van der Waals surface area contributed by atoms with Crippen molar-refractivity contribution < 1.29 is 15.3 Å². The highest BCUT2D eigenvalue weighted by Crippen LogP contribution is 2.55. The quantitative estimate of drug-likeness (QED) is 0.746. The Morgan fingerprint density at radius 2 is 1.33 bits per heavy atom. The van der Waals surface area contributed by atoms with Crippen molar-refractivity contribution in [3.63, 3.8) is 0 Å². The summed E-state index contributed by atoms with van der Waals surface area (Å²) in [5.74, 6) is 0.369. The van der Waals surface area contributed by atoms with Crippen molar-refractivity contribution in [2.24, 2.45) is 0 Å². The number of phenols is 3. The van der Waals surface area contributed by atoms with Gasteiger partial charge in [0.1, 0.15) is 17.2 Å². The second-order valence-corrected chi connectivity index (χ2v) is 6.82. The molecule has 2 aromatic rings. The van der Waals surface area contributed by atoms with Crippen LogP contribution in [0.4, 0.5) is 0 Å². The molecule has 1 aliphatic rings. The Kier molecular flexibility index (Phi) is 2.74. The number of aromatic hydroxyl groups is 3. The third-order valence-electron chi connectivity index (χ3n) is 4.70. The van der Waals surface area contributed by atoms with Gasteiger partial charge in [-0.25, -0.2) is 0 Å². The van der Waals surface area contributed by atoms with Crippen LogP contribution in [0, 0.1) is 0 Å². The van der Waals surface area contributed by atoms with Crippen molar-refractivity contribution in [3.8, 4) is 17.2 Å². The summed E-state index contributed by atoms with van der Waals surface area (Å²) < 4.78 is 0. The van der Waals surface area contributed by atoms with Crippen LogP contribution in [0.3, 0.4) is 0 Å². The Hall–Kier alpha value is -2.16. The summed E-state index contributed by atoms with van der Waals surface area (Å²) in [6.07, 6.45) is 0.830. The number of benzene rings is 2. The minimum absolute atomic E-state index is 0.0396. The molecular formula is C18H20O3. The highest BCUT2D eigenvalue weighted by Gasteiger charge is 2.46. The smallest absolute Gasteiger partial charge is 0.123 e. The topological polar surface area (TPSA) is 60.7 Å². The minimum Gasteiger partial charge on any atom is -0.508 e. The van der Waals surface area contributed by atoms with Crippen LogP contribution in [0.25, 0.3) is 0 Å². The third kappa shape index (κ3) is 1.96. The first-order chi connectivity index (χ1) is 9.74. The van der Waals surface area contributed by atoms with Crippen LogP contribution in [0.15, 0.2) is 36.4 Å². The average Bonchev–Trinajstić information content (AvgIpc) is 2.56. The van der Waals surface area contributed by atoms with Gasteiger partial charge >= 0.3 is 0 Å². The maximum absolute atomic E-state index is 10.3. The van der Waals surface area contributed by atoms with Crippen molar-refractivity contribution in [2.75, 3.05) is 0 Å². The van der Waals surface area contributed by atoms with E-state index >= 15 is 0 Å². The van der Waals surface area contributed by atoms with Gasteiger partial charge in [-0.05, 0) is 41.2 Å². The van der Waals surface area contributed by atoms with Gasteiger partial charge in [0, 0.05) is 17.0 Å². The molecule has 0 saturated heterocycles. The van der Waals surface area contributed by atoms with Crippen LogP contribution in [0.1, 0.15) is 43.9 Å². The maximum atomic E-state index is 10.3. The fourth-order valence-corrected chi connectivity index (χ4v) is 3.88. The van der Waals surface area contributed by atoms with Crippen LogP contribution in [0.5, 0.6) is 17.2 Å². The normalized spacial score (nSPS) is 23.0. The van der Waals surface area contributed by atoms with Gasteiger partial charge in [0.2, 0.25) is 0 Å². The third-order valence-corrected chi connectivity index (χ3v) is 4.70. The summed E-state index contributed by atoms with van der Waals surface area (Å²) in [7, 11) is 0. The van der Waals surface area contributed by atoms with E-state index in [0.29, 0.717) is 0 Å². The molecule has 3 rings (SSSR count). The van der Waals surface area contributed by atoms with Gasteiger partial charge in [-0.15, -0.1) is 0 Å². The molecule has 0 saturated carbocycles. The molecule has 3 heteroatoms. The monoisotopic (exact) mass is 284 g/mol. The molecule has 1 unspecified atom stereocenters. The largest absolute Gasteiger partial charge is 0.508 e. The lowest BCUT2D eigenvalue weighted by Gasteiger charge is -2.29. The fourth-order valence-electron chi connectivity index (χ4n) is 3.88. The summed E-state index contributed by atoms with van der Waals surface area (Å²) in [6, 6.07) is 10.2. The highest BCUT2D eigenvalue weighted by atomic mass is 16.3. The molecule has 110 valence electrons. The first kappa shape index (κ1) is 13.8. The van der Waals surface area contributed by atoms with E-state index in [9.17, 15) is 15.3 Å². The summed E-state index contributed by atoms with van der Waals surface area (Å²) in [5, 5.41) is 29.6. The van der Waals surface area contributed by atoms with Crippen molar-refractivity contribution >= 4 is 0 Å². The zero-order valence-corrected chi connectivity index (χ0v) is 12.5. The second kappa shape index (κ2) is 4.17. The molecule has 0 aromatic heterocycles. The van der Waals surface area contributed by atoms with Crippen LogP contribution < -0.4 is 0 Å². The van der Waals surface area contributed by atoms with Gasteiger partial charge in [0.15, 0.2) is 0 Å². The molecule has 0 heterocycles. The molecule has 3 N–H and O–H groups in total. The van der Waals surface area contributed by atoms with E-state index < -0.39 is 5.41 Å². The van der Waals surface area contributed by atoms with E-state index in [0.717, 1.165) is 17.5 Å². The Bertz CT molecular complexity index is 718. The van der Waals surface area contributed by atoms with Gasteiger partial charge in [-0.2, -0.15) is 0 Å². The Morgan fingerprint density at radius 3 is 1.95 bits per heavy atom. The van der Waals surface area contributed by atoms with Crippen LogP contribution >= 0.6 is 0 Å². The van der Waals surface area contributed by atoms with E-state index in [-0.39, 0.29) is 22.7 Å². The molecule has 2 aromatic carbocycles. The molecule has 0 radical (unpaired) electrons. The zero-order valence-electron chi connectivity index (χ0n) is 12.5. The lowest BCUT2D eigenvalue weighted by atomic mass is 9.74. The second-order valence-electron chi connectivity index (χ2n) is 6.82. The lowest BCUT2D eigenvalue weighted by molar-refractivity contribution is 0.396. The van der Waals surface area contributed by atoms with Crippen molar-refractivity contribution in [1.82, 2.24) is 0 Å². The van der Waals surface area contributed by atoms with E-state index in [2.05, 4.69) is 20.8 Å². The van der Waals surface area contributed by atoms with Crippen molar-refractivity contribution in [3.05, 3.63) is 53.1 Å². The number of hydrogen-bond acceptors (Lipinski definition) is 3. The number of hydrogen-bond donors (Lipinski definition) is 3. The summed E-state index contributed by atoms with van der Waals surface area (Å²) in [6.45, 7) is 6.42. The van der Waals surface area contributed by atoms with Crippen LogP contribution in [-0.2, 0) is 10.8 Å². The predicted molar refractivity (Wildman–Crippen MR) is 82.0 cm³/mol. The average molecular weight is 284 g/mol. The number of phenolic OH excluding ortho intramolecular Hbond substituents is 3. The van der Waals surface area contributed by atoms with Gasteiger partial charge in [-0.3, -0.25) is 0 Å². The van der Waals surface area contributed by atoms with E-state index in [1.165, 1.54) is 11.6 Å². The molecule has 3 nitrogen and oxygen atoms in total. The summed E-state index contributed by atoms with van der Waals surface area (Å²) in [5.41, 5.74) is 2.57. The predicted octanol–water partition coefficient (Wildman–Crippen LogP) is 3.79. The highest BCUT2D eigenvalue weighted by molar-refractivity contribution is 5.57. The molecule has 0 bridgehead atoms. The molecule has 0 spiro atoms. The number of fused-ring (bicyclic) bond motifs is 1. The Labute approximate surface area is 124 Å². The molecule has 21 heavy (non-hydrogen) atoms. The summed E-state index contributed by atoms with van der Waals surface area (Å²) in [4.78, 5) is 0. The molecule has 1 atom stereocenters. The Balaban J connectivity index is 2.26. The van der Waals surface area contributed by atoms with E-state index in [1.807, 2.05) is 6.07 Å². The Morgan fingerprint density at radius 1 is 0.762 bits per heavy atom. The van der Waals surface area contributed by atoms with Gasteiger partial charge in [-0.1, -0.05) is 32.9 Å². The standard InChI is InChI=1S/C18H20O3/c1-17(2)10-18(3,14-7-5-12(20)9-16(14)21)15-8-11(19)4-6-13(15)17/h4-9,19-21H,10H2,1-3H3. The first-order valence-electron chi connectivity index (χ1n) is 7.10. The number of rotatable bonds is 1. The maximum Gasteiger partial charge on any atom is 0.123 e. The lowest BCUT2D eigenvalue weighted by Crippen LogP contribution is -2.23. The molecule has 0 amide bonds. The van der Waals surface area contributed by atoms with Gasteiger partial charge in [0.05, 0.1) is 0 Å². The SMILES string of the molecule is CC1(C)CC(C)(c2ccc(O)cc2O)c2cc(O)ccc21. The van der Waals surface area contributed by atoms with Crippen molar-refractivity contribution in [2.45, 2.75) is 38.0 Å². The van der Waals surface area contributed by atoms with Crippen LogP contribution in [0.2, 0.25) is 0 Å². The van der Waals surface area contributed by atoms with Crippen LogP contribution in [-0.4, -0.2) is 15.3 Å². The van der Waals surface area contributed by atoms with Crippen molar-refractivity contribution in [1.29, 1.82) is 0 Å². The fraction of sp³-hybridized carbons (Fsp3) is 0.333. The molecule has 1 aliphatic carbocycles. The minimum atomic E-state index is -0.393. The van der Waals surface area contributed by atoms with Gasteiger partial charge < -0.3 is 15.3 Å². The van der Waals surface area contributed by atoms with E-state index in [1.54, 1.807) is 24.3 Å². The zero-order chi connectivity index (χ0) is 15.4. The molecule has 0 fully saturated rings. The van der Waals surface area contributed by atoms with Gasteiger partial charge in [0.25, 0.3) is 0 Å². The molecule has 0 aliphatic heterocycles. The summed E-state index contributed by atoms with van der Waals surface area (Å²) >= 11 is 0. The first-order valence-corrected chi connectivity index (χ1v) is 7.10. The van der Waals surface area contributed by atoms with E-state index in [4.69, 9.17) is 0 Å².